The normalized spacial score (nSPS) is 11.3. The highest BCUT2D eigenvalue weighted by molar-refractivity contribution is 6.04. The molecule has 0 atom stereocenters. The summed E-state index contributed by atoms with van der Waals surface area (Å²) < 4.78 is 5.73. The number of aromatic nitrogens is 3. The number of nitrogens with zero attached hydrogens (tertiary/aromatic N) is 4. The molecule has 3 aromatic rings. The van der Waals surface area contributed by atoms with Crippen molar-refractivity contribution in [1.82, 2.24) is 20.4 Å². The average Bonchev–Trinajstić information content (AvgIpc) is 2.86. The van der Waals surface area contributed by atoms with Crippen LogP contribution in [0.4, 0.5) is 23.0 Å². The highest BCUT2D eigenvalue weighted by atomic mass is 16.6. The van der Waals surface area contributed by atoms with Gasteiger partial charge in [-0.25, -0.2) is 20.4 Å². The molecule has 2 heterocycles. The summed E-state index contributed by atoms with van der Waals surface area (Å²) in [5.74, 6) is 1.83. The van der Waals surface area contributed by atoms with Crippen LogP contribution in [0.1, 0.15) is 41.3 Å². The number of hydrogen-bond acceptors (Lipinski definition) is 9. The average molecular weight is 502 g/mol. The van der Waals surface area contributed by atoms with Crippen LogP contribution >= 0.6 is 0 Å². The molecule has 0 aliphatic rings. The Bertz CT molecular complexity index is 1320. The lowest BCUT2D eigenvalue weighted by molar-refractivity contribution is 0.0365. The zero-order chi connectivity index (χ0) is 26.8. The number of carbonyl (C=O) groups is 1. The molecule has 3 N–H and O–H groups in total. The van der Waals surface area contributed by atoms with Crippen LogP contribution in [0.25, 0.3) is 0 Å². The minimum absolute atomic E-state index is 0.279. The van der Waals surface area contributed by atoms with E-state index in [1.807, 2.05) is 45.0 Å². The summed E-state index contributed by atoms with van der Waals surface area (Å²) in [6.07, 6.45) is 6.52. The number of methoxy groups -OCH3 is 1. The Hall–Kier alpha value is -4.57. The zero-order valence-electron chi connectivity index (χ0n) is 21.6. The van der Waals surface area contributed by atoms with Gasteiger partial charge in [0.25, 0.3) is 5.91 Å². The van der Waals surface area contributed by atoms with Gasteiger partial charge in [-0.3, -0.25) is 14.6 Å². The second-order valence-electron chi connectivity index (χ2n) is 7.85. The molecule has 2 aromatic heterocycles. The van der Waals surface area contributed by atoms with Crippen LogP contribution in [0.3, 0.4) is 0 Å². The number of carbonyl (C=O) groups excluding carboxylic acids is 1. The number of nitrogens with one attached hydrogen (secondary N) is 3. The molecule has 0 bridgehead atoms. The van der Waals surface area contributed by atoms with Gasteiger partial charge in [0.05, 0.1) is 30.7 Å². The zero-order valence-corrected chi connectivity index (χ0v) is 21.6. The quantitative estimate of drug-likeness (QED) is 0.187. The number of amides is 1. The fourth-order valence-corrected chi connectivity index (χ4v) is 3.48. The molecule has 10 nitrogen and oxygen atoms in total. The van der Waals surface area contributed by atoms with Crippen molar-refractivity contribution in [1.29, 1.82) is 0 Å². The predicted molar refractivity (Wildman–Crippen MR) is 146 cm³/mol. The Kier molecular flexibility index (Phi) is 9.45. The van der Waals surface area contributed by atoms with Crippen molar-refractivity contribution in [2.45, 2.75) is 27.7 Å². The van der Waals surface area contributed by atoms with Gasteiger partial charge >= 0.3 is 0 Å². The molecular formula is C27H31N7O3. The Labute approximate surface area is 216 Å². The predicted octanol–water partition coefficient (Wildman–Crippen LogP) is 5.17. The lowest BCUT2D eigenvalue weighted by Gasteiger charge is -2.18. The van der Waals surface area contributed by atoms with Crippen LogP contribution in [0.15, 0.2) is 66.5 Å². The first-order chi connectivity index (χ1) is 17.9. The lowest BCUT2D eigenvalue weighted by atomic mass is 10.1. The number of ether oxygens (including phenoxy) is 1. The second-order valence-corrected chi connectivity index (χ2v) is 7.85. The summed E-state index contributed by atoms with van der Waals surface area (Å²) in [5.41, 5.74) is 6.18. The van der Waals surface area contributed by atoms with Crippen molar-refractivity contribution in [3.63, 3.8) is 0 Å². The highest BCUT2D eigenvalue weighted by Crippen LogP contribution is 2.34. The topological polar surface area (TPSA) is 123 Å². The van der Waals surface area contributed by atoms with Gasteiger partial charge in [0, 0.05) is 41.5 Å². The van der Waals surface area contributed by atoms with E-state index in [2.05, 4.69) is 42.6 Å². The smallest absolute Gasteiger partial charge is 0.278 e. The largest absolute Gasteiger partial charge is 0.494 e. The number of para-hydroxylation sites is 1. The minimum Gasteiger partial charge on any atom is -0.494 e. The monoisotopic (exact) mass is 501 g/mol. The highest BCUT2D eigenvalue weighted by Gasteiger charge is 2.18. The molecule has 0 aliphatic carbocycles. The van der Waals surface area contributed by atoms with E-state index < -0.39 is 5.91 Å². The number of rotatable bonds is 11. The van der Waals surface area contributed by atoms with Crippen LogP contribution in [0.2, 0.25) is 0 Å². The molecular weight excluding hydrogens is 470 g/mol. The number of aliphatic imine (C=N–C) groups is 1. The molecule has 0 unspecified atom stereocenters. The van der Waals surface area contributed by atoms with Gasteiger partial charge in [-0.05, 0) is 45.9 Å². The van der Waals surface area contributed by atoms with Gasteiger partial charge in [0.1, 0.15) is 17.5 Å². The number of anilines is 4. The maximum atomic E-state index is 12.8. The standard InChI is InChI=1S/C27H31N7O3/c1-7-9-13-28-18(4)20-11-10-12-22(26(20)36-6)32-23-15-24(29-16-21(23)27(35)34-37-8-2)33-25-14-17(3)30-19(5)31-25/h7,9-16H,1,8H2,2-6H3,(H,34,35)(H2,29,30,31,32,33)/b13-9-,28-18?. The van der Waals surface area contributed by atoms with E-state index in [1.165, 1.54) is 6.20 Å². The second kappa shape index (κ2) is 12.9. The van der Waals surface area contributed by atoms with Crippen LogP contribution < -0.4 is 20.9 Å². The van der Waals surface area contributed by atoms with Crippen molar-refractivity contribution < 1.29 is 14.4 Å². The Balaban J connectivity index is 2.04. The molecule has 3 rings (SSSR count). The molecule has 37 heavy (non-hydrogen) atoms. The maximum absolute atomic E-state index is 12.8. The summed E-state index contributed by atoms with van der Waals surface area (Å²) in [5, 5.41) is 6.49. The summed E-state index contributed by atoms with van der Waals surface area (Å²) in [7, 11) is 1.58. The van der Waals surface area contributed by atoms with Gasteiger partial charge in [-0.2, -0.15) is 0 Å². The summed E-state index contributed by atoms with van der Waals surface area (Å²) in [6, 6.07) is 9.17. The van der Waals surface area contributed by atoms with E-state index in [9.17, 15) is 4.79 Å². The summed E-state index contributed by atoms with van der Waals surface area (Å²) >= 11 is 0. The minimum atomic E-state index is -0.445. The summed E-state index contributed by atoms with van der Waals surface area (Å²) in [4.78, 5) is 35.5. The van der Waals surface area contributed by atoms with Gasteiger partial charge < -0.3 is 15.4 Å². The third kappa shape index (κ3) is 7.21. The number of pyridine rings is 1. The van der Waals surface area contributed by atoms with E-state index in [4.69, 9.17) is 9.57 Å². The summed E-state index contributed by atoms with van der Waals surface area (Å²) in [6.45, 7) is 11.3. The number of benzene rings is 1. The van der Waals surface area contributed by atoms with E-state index >= 15 is 0 Å². The SMILES string of the molecule is C=C/C=C\N=C(C)c1cccc(Nc2cc(Nc3cc(C)nc(C)n3)ncc2C(=O)NOCC)c1OC. The lowest BCUT2D eigenvalue weighted by Crippen LogP contribution is -2.24. The molecule has 0 saturated heterocycles. The van der Waals surface area contributed by atoms with Crippen LogP contribution in [0, 0.1) is 13.8 Å². The van der Waals surface area contributed by atoms with Crippen LogP contribution in [-0.4, -0.2) is 40.3 Å². The third-order valence-electron chi connectivity index (χ3n) is 5.05. The van der Waals surface area contributed by atoms with Gasteiger partial charge in [-0.1, -0.05) is 18.7 Å². The van der Waals surface area contributed by atoms with Gasteiger partial charge in [0.15, 0.2) is 5.75 Å². The molecule has 10 heteroatoms. The molecule has 1 aromatic carbocycles. The number of allylic oxidation sites excluding steroid dienone is 2. The molecule has 0 spiro atoms. The number of hydroxylamine groups is 1. The van der Waals surface area contributed by atoms with Crippen molar-refractivity contribution in [2.24, 2.45) is 4.99 Å². The number of aryl methyl sites for hydroxylation is 2. The van der Waals surface area contributed by atoms with E-state index in [0.717, 1.165) is 17.0 Å². The van der Waals surface area contributed by atoms with Crippen molar-refractivity contribution in [3.05, 3.63) is 84.1 Å². The van der Waals surface area contributed by atoms with Crippen LogP contribution in [-0.2, 0) is 4.84 Å². The fraction of sp³-hybridized carbons (Fsp3) is 0.222. The molecule has 1 amide bonds. The molecule has 0 radical (unpaired) electrons. The first-order valence-corrected chi connectivity index (χ1v) is 11.6. The van der Waals surface area contributed by atoms with E-state index in [-0.39, 0.29) is 5.56 Å². The first-order valence-electron chi connectivity index (χ1n) is 11.6. The van der Waals surface area contributed by atoms with Crippen molar-refractivity contribution >= 4 is 34.6 Å². The van der Waals surface area contributed by atoms with Crippen LogP contribution in [0.5, 0.6) is 5.75 Å². The fourth-order valence-electron chi connectivity index (χ4n) is 3.48. The van der Waals surface area contributed by atoms with E-state index in [0.29, 0.717) is 41.2 Å². The van der Waals surface area contributed by atoms with Crippen molar-refractivity contribution in [3.8, 4) is 5.75 Å². The molecule has 0 saturated carbocycles. The Morgan fingerprint density at radius 1 is 1.11 bits per heavy atom. The van der Waals surface area contributed by atoms with Gasteiger partial charge in [0.2, 0.25) is 0 Å². The molecule has 0 fully saturated rings. The third-order valence-corrected chi connectivity index (χ3v) is 5.05. The Morgan fingerprint density at radius 3 is 2.62 bits per heavy atom. The number of hydrogen-bond donors (Lipinski definition) is 3. The maximum Gasteiger partial charge on any atom is 0.278 e. The van der Waals surface area contributed by atoms with E-state index in [1.54, 1.807) is 38.5 Å². The van der Waals surface area contributed by atoms with Crippen molar-refractivity contribution in [2.75, 3.05) is 24.4 Å². The first kappa shape index (κ1) is 27.0. The van der Waals surface area contributed by atoms with Gasteiger partial charge in [-0.15, -0.1) is 0 Å². The molecule has 0 aliphatic heterocycles. The molecule has 192 valence electrons. The Morgan fingerprint density at radius 2 is 1.92 bits per heavy atom.